The van der Waals surface area contributed by atoms with E-state index in [4.69, 9.17) is 14.6 Å². The molecule has 122 valence electrons. The molecule has 0 aliphatic rings. The minimum Gasteiger partial charge on any atom is -0.394 e. The minimum atomic E-state index is 0.0927. The van der Waals surface area contributed by atoms with Crippen molar-refractivity contribution in [3.8, 4) is 0 Å². The molecule has 20 heavy (non-hydrogen) atoms. The molecule has 0 fully saturated rings. The van der Waals surface area contributed by atoms with Crippen molar-refractivity contribution in [1.82, 2.24) is 0 Å². The fourth-order valence-electron chi connectivity index (χ4n) is 2.35. The van der Waals surface area contributed by atoms with E-state index in [1.807, 2.05) is 0 Å². The van der Waals surface area contributed by atoms with Crippen LogP contribution in [0.5, 0.6) is 0 Å². The lowest BCUT2D eigenvalue weighted by atomic mass is 10.0. The quantitative estimate of drug-likeness (QED) is 0.430. The van der Waals surface area contributed by atoms with Crippen LogP contribution in [0.2, 0.25) is 0 Å². The zero-order valence-corrected chi connectivity index (χ0v) is 13.7. The summed E-state index contributed by atoms with van der Waals surface area (Å²) in [6.07, 6.45) is 13.6. The van der Waals surface area contributed by atoms with Gasteiger partial charge in [0.15, 0.2) is 0 Å². The summed E-state index contributed by atoms with van der Waals surface area (Å²) in [5, 5.41) is 8.59. The van der Waals surface area contributed by atoms with E-state index in [1.165, 1.54) is 57.8 Å². The first-order valence-electron chi connectivity index (χ1n) is 8.65. The van der Waals surface area contributed by atoms with Crippen molar-refractivity contribution in [3.05, 3.63) is 0 Å². The van der Waals surface area contributed by atoms with Crippen LogP contribution in [0.25, 0.3) is 0 Å². The first-order chi connectivity index (χ1) is 9.85. The van der Waals surface area contributed by atoms with E-state index < -0.39 is 0 Å². The third kappa shape index (κ3) is 14.3. The average Bonchev–Trinajstić information content (AvgIpc) is 2.47. The van der Waals surface area contributed by atoms with Gasteiger partial charge in [0, 0.05) is 0 Å². The Bertz CT molecular complexity index is 174. The molecule has 0 saturated carbocycles. The van der Waals surface area contributed by atoms with Gasteiger partial charge in [0.1, 0.15) is 0 Å². The van der Waals surface area contributed by atoms with Crippen molar-refractivity contribution < 1.29 is 14.6 Å². The molecule has 0 rings (SSSR count). The van der Waals surface area contributed by atoms with Gasteiger partial charge in [-0.15, -0.1) is 0 Å². The Morgan fingerprint density at radius 3 is 2.05 bits per heavy atom. The number of aliphatic hydroxyl groups excluding tert-OH is 1. The monoisotopic (exact) mass is 288 g/mol. The van der Waals surface area contributed by atoms with Crippen LogP contribution in [0.1, 0.15) is 78.1 Å². The van der Waals surface area contributed by atoms with Gasteiger partial charge in [0.05, 0.1) is 32.5 Å². The standard InChI is InChI=1S/C17H36O3/c1-3-5-6-7-8-9-10-11-12-17(4-2)20-16-15-19-14-13-18/h17-18H,3-16H2,1-2H3. The average molecular weight is 288 g/mol. The minimum absolute atomic E-state index is 0.0927. The summed E-state index contributed by atoms with van der Waals surface area (Å²) in [6.45, 7) is 6.20. The van der Waals surface area contributed by atoms with Gasteiger partial charge in [0.25, 0.3) is 0 Å². The fourth-order valence-corrected chi connectivity index (χ4v) is 2.35. The summed E-state index contributed by atoms with van der Waals surface area (Å²) in [5.74, 6) is 0. The van der Waals surface area contributed by atoms with Crippen LogP contribution in [-0.4, -0.2) is 37.6 Å². The summed E-state index contributed by atoms with van der Waals surface area (Å²) in [5.41, 5.74) is 0. The van der Waals surface area contributed by atoms with Gasteiger partial charge in [-0.3, -0.25) is 0 Å². The second-order valence-corrected chi connectivity index (χ2v) is 5.50. The second kappa shape index (κ2) is 16.9. The van der Waals surface area contributed by atoms with Crippen molar-refractivity contribution in [1.29, 1.82) is 0 Å². The lowest BCUT2D eigenvalue weighted by Crippen LogP contribution is -2.16. The number of aliphatic hydroxyl groups is 1. The van der Waals surface area contributed by atoms with E-state index >= 15 is 0 Å². The molecule has 0 radical (unpaired) electrons. The predicted molar refractivity (Wildman–Crippen MR) is 85.2 cm³/mol. The Morgan fingerprint density at radius 2 is 1.45 bits per heavy atom. The third-order valence-electron chi connectivity index (χ3n) is 3.65. The van der Waals surface area contributed by atoms with Crippen LogP contribution < -0.4 is 0 Å². The number of rotatable bonds is 16. The molecule has 0 heterocycles. The highest BCUT2D eigenvalue weighted by Crippen LogP contribution is 2.13. The highest BCUT2D eigenvalue weighted by molar-refractivity contribution is 4.56. The van der Waals surface area contributed by atoms with Gasteiger partial charge >= 0.3 is 0 Å². The number of hydrogen-bond acceptors (Lipinski definition) is 3. The van der Waals surface area contributed by atoms with Gasteiger partial charge in [-0.05, 0) is 12.8 Å². The first-order valence-corrected chi connectivity index (χ1v) is 8.65. The SMILES string of the molecule is CCCCCCCCCCC(CC)OCCOCCO. The molecule has 0 aromatic heterocycles. The van der Waals surface area contributed by atoms with E-state index in [0.717, 1.165) is 6.42 Å². The number of hydrogen-bond donors (Lipinski definition) is 1. The number of unbranched alkanes of at least 4 members (excludes halogenated alkanes) is 7. The Labute approximate surface area is 126 Å². The zero-order chi connectivity index (χ0) is 14.9. The van der Waals surface area contributed by atoms with E-state index in [2.05, 4.69) is 13.8 Å². The Hall–Kier alpha value is -0.120. The molecule has 0 aliphatic carbocycles. The lowest BCUT2D eigenvalue weighted by molar-refractivity contribution is -0.00742. The maximum Gasteiger partial charge on any atom is 0.0704 e. The molecule has 1 unspecified atom stereocenters. The smallest absolute Gasteiger partial charge is 0.0704 e. The Kier molecular flexibility index (Phi) is 16.8. The van der Waals surface area contributed by atoms with E-state index in [9.17, 15) is 0 Å². The van der Waals surface area contributed by atoms with Crippen LogP contribution in [0.15, 0.2) is 0 Å². The molecule has 0 bridgehead atoms. The van der Waals surface area contributed by atoms with Gasteiger partial charge in [-0.1, -0.05) is 65.2 Å². The third-order valence-corrected chi connectivity index (χ3v) is 3.65. The summed E-state index contributed by atoms with van der Waals surface area (Å²) in [6, 6.07) is 0. The molecule has 0 aliphatic heterocycles. The molecular weight excluding hydrogens is 252 g/mol. The Morgan fingerprint density at radius 1 is 0.800 bits per heavy atom. The molecule has 0 aromatic rings. The van der Waals surface area contributed by atoms with Crippen LogP contribution in [0.3, 0.4) is 0 Å². The van der Waals surface area contributed by atoms with Crippen molar-refractivity contribution in [2.75, 3.05) is 26.4 Å². The topological polar surface area (TPSA) is 38.7 Å². The second-order valence-electron chi connectivity index (χ2n) is 5.50. The van der Waals surface area contributed by atoms with E-state index in [1.54, 1.807) is 0 Å². The molecule has 0 aromatic carbocycles. The summed E-state index contributed by atoms with van der Waals surface area (Å²) in [4.78, 5) is 0. The maximum absolute atomic E-state index is 8.59. The Balaban J connectivity index is 3.28. The number of ether oxygens (including phenoxy) is 2. The molecule has 0 saturated heterocycles. The van der Waals surface area contributed by atoms with Gasteiger partial charge < -0.3 is 14.6 Å². The van der Waals surface area contributed by atoms with Crippen LogP contribution in [0.4, 0.5) is 0 Å². The van der Waals surface area contributed by atoms with Crippen LogP contribution >= 0.6 is 0 Å². The largest absolute Gasteiger partial charge is 0.394 e. The van der Waals surface area contributed by atoms with Crippen molar-refractivity contribution >= 4 is 0 Å². The van der Waals surface area contributed by atoms with Gasteiger partial charge in [0.2, 0.25) is 0 Å². The molecule has 1 N–H and O–H groups in total. The van der Waals surface area contributed by atoms with Crippen molar-refractivity contribution in [3.63, 3.8) is 0 Å². The summed E-state index contributed by atoms with van der Waals surface area (Å²) in [7, 11) is 0. The summed E-state index contributed by atoms with van der Waals surface area (Å²) < 4.78 is 11.0. The highest BCUT2D eigenvalue weighted by Gasteiger charge is 2.05. The van der Waals surface area contributed by atoms with Crippen molar-refractivity contribution in [2.45, 2.75) is 84.2 Å². The van der Waals surface area contributed by atoms with E-state index in [0.29, 0.717) is 25.9 Å². The normalized spacial score (nSPS) is 12.8. The van der Waals surface area contributed by atoms with Crippen molar-refractivity contribution in [2.24, 2.45) is 0 Å². The molecule has 3 heteroatoms. The van der Waals surface area contributed by atoms with Crippen LogP contribution in [0, 0.1) is 0 Å². The molecule has 0 amide bonds. The molecule has 3 nitrogen and oxygen atoms in total. The van der Waals surface area contributed by atoms with Crippen LogP contribution in [-0.2, 0) is 9.47 Å². The van der Waals surface area contributed by atoms with Gasteiger partial charge in [-0.25, -0.2) is 0 Å². The summed E-state index contributed by atoms with van der Waals surface area (Å²) >= 11 is 0. The zero-order valence-electron chi connectivity index (χ0n) is 13.7. The lowest BCUT2D eigenvalue weighted by Gasteiger charge is -2.16. The maximum atomic E-state index is 8.59. The molecular formula is C17H36O3. The predicted octanol–water partition coefficient (Wildman–Crippen LogP) is 4.32. The van der Waals surface area contributed by atoms with Gasteiger partial charge in [-0.2, -0.15) is 0 Å². The molecule has 0 spiro atoms. The molecule has 1 atom stereocenters. The fraction of sp³-hybridized carbons (Fsp3) is 1.00. The van der Waals surface area contributed by atoms with E-state index in [-0.39, 0.29) is 6.61 Å². The highest BCUT2D eigenvalue weighted by atomic mass is 16.5. The first kappa shape index (κ1) is 19.9.